The molecule has 20 heavy (non-hydrogen) atoms. The molecule has 0 aromatic carbocycles. The maximum Gasteiger partial charge on any atom is 0.405 e. The lowest BCUT2D eigenvalue weighted by atomic mass is 10.2. The predicted octanol–water partition coefficient (Wildman–Crippen LogP) is 3.11. The average Bonchev–Trinajstić information content (AvgIpc) is 2.34. The Balaban J connectivity index is 3.07. The van der Waals surface area contributed by atoms with Gasteiger partial charge in [-0.25, -0.2) is 9.37 Å². The summed E-state index contributed by atoms with van der Waals surface area (Å²) in [5, 5.41) is 2.94. The van der Waals surface area contributed by atoms with E-state index in [0.717, 1.165) is 4.90 Å². The molecule has 0 fully saturated rings. The topological polar surface area (TPSA) is 28.2 Å². The largest absolute Gasteiger partial charge is 0.405 e. The van der Waals surface area contributed by atoms with Gasteiger partial charge in [0.1, 0.15) is 6.54 Å². The molecule has 1 N–H and O–H groups in total. The normalized spacial score (nSPS) is 12.0. The Morgan fingerprint density at radius 2 is 2.00 bits per heavy atom. The second-order valence-electron chi connectivity index (χ2n) is 4.72. The molecule has 7 heteroatoms. The molecule has 0 radical (unpaired) electrons. The van der Waals surface area contributed by atoms with Crippen LogP contribution in [0.15, 0.2) is 12.3 Å². The Morgan fingerprint density at radius 3 is 2.50 bits per heavy atom. The summed E-state index contributed by atoms with van der Waals surface area (Å²) < 4.78 is 52.0. The average molecular weight is 293 g/mol. The monoisotopic (exact) mass is 293 g/mol. The maximum absolute atomic E-state index is 14.3. The van der Waals surface area contributed by atoms with Crippen molar-refractivity contribution in [3.63, 3.8) is 0 Å². The van der Waals surface area contributed by atoms with Crippen LogP contribution in [0.4, 0.5) is 23.4 Å². The van der Waals surface area contributed by atoms with Gasteiger partial charge in [0.05, 0.1) is 0 Å². The van der Waals surface area contributed by atoms with Gasteiger partial charge in [-0.15, -0.1) is 0 Å². The van der Waals surface area contributed by atoms with Crippen molar-refractivity contribution >= 4 is 5.82 Å². The third-order valence-electron chi connectivity index (χ3n) is 2.76. The zero-order chi connectivity index (χ0) is 15.3. The van der Waals surface area contributed by atoms with Crippen molar-refractivity contribution in [3.8, 4) is 0 Å². The van der Waals surface area contributed by atoms with Crippen LogP contribution in [-0.2, 0) is 6.54 Å². The van der Waals surface area contributed by atoms with Crippen molar-refractivity contribution in [2.45, 2.75) is 39.5 Å². The second kappa shape index (κ2) is 6.88. The van der Waals surface area contributed by atoms with Crippen molar-refractivity contribution < 1.29 is 17.6 Å². The molecule has 0 bridgehead atoms. The summed E-state index contributed by atoms with van der Waals surface area (Å²) in [6.07, 6.45) is -3.08. The summed E-state index contributed by atoms with van der Waals surface area (Å²) in [5.41, 5.74) is 0.310. The summed E-state index contributed by atoms with van der Waals surface area (Å²) in [4.78, 5) is 4.70. The molecule has 1 rings (SSSR count). The van der Waals surface area contributed by atoms with Gasteiger partial charge in [-0.2, -0.15) is 13.2 Å². The van der Waals surface area contributed by atoms with E-state index in [0.29, 0.717) is 12.1 Å². The van der Waals surface area contributed by atoms with Crippen LogP contribution in [0.25, 0.3) is 0 Å². The number of rotatable bonds is 6. The number of nitrogens with zero attached hydrogens (tertiary/aromatic N) is 2. The fourth-order valence-electron chi connectivity index (χ4n) is 1.76. The number of aromatic nitrogens is 1. The molecule has 0 saturated heterocycles. The molecule has 0 aliphatic rings. The van der Waals surface area contributed by atoms with Crippen LogP contribution in [-0.4, -0.2) is 30.3 Å². The smallest absolute Gasteiger partial charge is 0.343 e. The van der Waals surface area contributed by atoms with Crippen molar-refractivity contribution in [2.24, 2.45) is 0 Å². The Hall–Kier alpha value is -1.37. The van der Waals surface area contributed by atoms with E-state index in [9.17, 15) is 17.6 Å². The van der Waals surface area contributed by atoms with Crippen LogP contribution in [0.2, 0.25) is 0 Å². The van der Waals surface area contributed by atoms with Crippen LogP contribution in [0.5, 0.6) is 0 Å². The number of halogens is 4. The molecule has 0 spiro atoms. The lowest BCUT2D eigenvalue weighted by Gasteiger charge is -2.29. The summed E-state index contributed by atoms with van der Waals surface area (Å²) in [5.74, 6) is -0.959. The maximum atomic E-state index is 14.3. The van der Waals surface area contributed by atoms with E-state index in [2.05, 4.69) is 10.3 Å². The zero-order valence-electron chi connectivity index (χ0n) is 11.8. The third kappa shape index (κ3) is 4.63. The molecule has 0 unspecified atom stereocenters. The first-order valence-corrected chi connectivity index (χ1v) is 6.43. The molecule has 1 aromatic rings. The molecule has 0 aliphatic heterocycles. The summed E-state index contributed by atoms with van der Waals surface area (Å²) >= 11 is 0. The predicted molar refractivity (Wildman–Crippen MR) is 70.1 cm³/mol. The summed E-state index contributed by atoms with van der Waals surface area (Å²) in [6, 6.07) is 0.959. The van der Waals surface area contributed by atoms with E-state index in [-0.39, 0.29) is 12.4 Å². The molecule has 3 nitrogen and oxygen atoms in total. The zero-order valence-corrected chi connectivity index (χ0v) is 11.8. The highest BCUT2D eigenvalue weighted by molar-refractivity contribution is 5.44. The fraction of sp³-hybridized carbons (Fsp3) is 0.615. The molecule has 0 saturated carbocycles. The standard InChI is InChI=1S/C13H19F4N3/c1-4-18-7-10-5-6-19-12(11(10)14)20(9(2)3)8-13(15,16)17/h5-6,9,18H,4,7-8H2,1-3H3. The van der Waals surface area contributed by atoms with Gasteiger partial charge in [0.15, 0.2) is 11.6 Å². The minimum atomic E-state index is -4.41. The molecular formula is C13H19F4N3. The van der Waals surface area contributed by atoms with Crippen LogP contribution < -0.4 is 10.2 Å². The van der Waals surface area contributed by atoms with Gasteiger partial charge in [0, 0.05) is 24.3 Å². The van der Waals surface area contributed by atoms with Gasteiger partial charge in [0.25, 0.3) is 0 Å². The highest BCUT2D eigenvalue weighted by Gasteiger charge is 2.33. The first-order valence-electron chi connectivity index (χ1n) is 6.43. The van der Waals surface area contributed by atoms with E-state index in [1.54, 1.807) is 13.8 Å². The lowest BCUT2D eigenvalue weighted by Crippen LogP contribution is -2.40. The number of pyridine rings is 1. The minimum Gasteiger partial charge on any atom is -0.343 e. The van der Waals surface area contributed by atoms with Crippen molar-refractivity contribution in [3.05, 3.63) is 23.6 Å². The van der Waals surface area contributed by atoms with E-state index >= 15 is 0 Å². The quantitative estimate of drug-likeness (QED) is 0.817. The number of anilines is 1. The van der Waals surface area contributed by atoms with Gasteiger partial charge in [-0.1, -0.05) is 6.92 Å². The van der Waals surface area contributed by atoms with E-state index in [1.807, 2.05) is 6.92 Å². The number of alkyl halides is 3. The van der Waals surface area contributed by atoms with Gasteiger partial charge in [-0.05, 0) is 26.5 Å². The lowest BCUT2D eigenvalue weighted by molar-refractivity contribution is -0.120. The van der Waals surface area contributed by atoms with E-state index in [4.69, 9.17) is 0 Å². The first-order chi connectivity index (χ1) is 9.26. The SMILES string of the molecule is CCNCc1ccnc(N(CC(F)(F)F)C(C)C)c1F. The van der Waals surface area contributed by atoms with Gasteiger partial charge in [0.2, 0.25) is 0 Å². The third-order valence-corrected chi connectivity index (χ3v) is 2.76. The van der Waals surface area contributed by atoms with Crippen LogP contribution in [0, 0.1) is 5.82 Å². The number of hydrogen-bond acceptors (Lipinski definition) is 3. The molecular weight excluding hydrogens is 274 g/mol. The molecule has 0 amide bonds. The second-order valence-corrected chi connectivity index (χ2v) is 4.72. The Labute approximate surface area is 116 Å². The van der Waals surface area contributed by atoms with Gasteiger partial charge >= 0.3 is 6.18 Å². The summed E-state index contributed by atoms with van der Waals surface area (Å²) in [6.45, 7) is 4.69. The molecule has 0 atom stereocenters. The Kier molecular flexibility index (Phi) is 5.74. The minimum absolute atomic E-state index is 0.257. The molecule has 1 heterocycles. The highest BCUT2D eigenvalue weighted by atomic mass is 19.4. The van der Waals surface area contributed by atoms with Gasteiger partial charge in [-0.3, -0.25) is 0 Å². The van der Waals surface area contributed by atoms with Crippen LogP contribution >= 0.6 is 0 Å². The molecule has 1 aromatic heterocycles. The van der Waals surface area contributed by atoms with Crippen molar-refractivity contribution in [1.82, 2.24) is 10.3 Å². The highest BCUT2D eigenvalue weighted by Crippen LogP contribution is 2.26. The van der Waals surface area contributed by atoms with E-state index in [1.165, 1.54) is 12.3 Å². The molecule has 0 aliphatic carbocycles. The fourth-order valence-corrected chi connectivity index (χ4v) is 1.76. The van der Waals surface area contributed by atoms with Crippen LogP contribution in [0.3, 0.4) is 0 Å². The van der Waals surface area contributed by atoms with Gasteiger partial charge < -0.3 is 10.2 Å². The Bertz CT molecular complexity index is 432. The van der Waals surface area contributed by atoms with Crippen molar-refractivity contribution in [1.29, 1.82) is 0 Å². The van der Waals surface area contributed by atoms with Crippen molar-refractivity contribution in [2.75, 3.05) is 18.0 Å². The summed E-state index contributed by atoms with van der Waals surface area (Å²) in [7, 11) is 0. The van der Waals surface area contributed by atoms with Crippen LogP contribution in [0.1, 0.15) is 26.3 Å². The Morgan fingerprint density at radius 1 is 1.35 bits per heavy atom. The first kappa shape index (κ1) is 16.7. The number of hydrogen-bond donors (Lipinski definition) is 1. The molecule has 114 valence electrons. The number of nitrogens with one attached hydrogen (secondary N) is 1. The van der Waals surface area contributed by atoms with E-state index < -0.39 is 24.6 Å².